The normalized spacial score (nSPS) is 12.2. The van der Waals surface area contributed by atoms with Crippen LogP contribution < -0.4 is 0 Å². The van der Waals surface area contributed by atoms with Gasteiger partial charge >= 0.3 is 48.9 Å². The maximum atomic E-state index is 9.66. The van der Waals surface area contributed by atoms with E-state index < -0.39 is 25.3 Å². The van der Waals surface area contributed by atoms with Gasteiger partial charge < -0.3 is 2.85 Å². The van der Waals surface area contributed by atoms with Crippen molar-refractivity contribution in [2.45, 2.75) is 0 Å². The van der Waals surface area contributed by atoms with Crippen molar-refractivity contribution in [1.29, 1.82) is 0 Å². The summed E-state index contributed by atoms with van der Waals surface area (Å²) >= 11 is 0. The van der Waals surface area contributed by atoms with Gasteiger partial charge in [-0.1, -0.05) is 0 Å². The van der Waals surface area contributed by atoms with E-state index in [0.717, 1.165) is 0 Å². The van der Waals surface area contributed by atoms with Crippen molar-refractivity contribution in [3.63, 3.8) is 0 Å². The fraction of sp³-hybridized carbons (Fsp3) is 1.00. The van der Waals surface area contributed by atoms with Crippen molar-refractivity contribution in [2.24, 2.45) is 0 Å². The van der Waals surface area contributed by atoms with Gasteiger partial charge in [-0.3, -0.25) is 9.11 Å². The Kier molecular flexibility index (Phi) is 6.17. The zero-order chi connectivity index (χ0) is 7.71. The molecular weight excluding hydrogens is 309 g/mol. The van der Waals surface area contributed by atoms with Crippen LogP contribution in [0.2, 0.25) is 0 Å². The summed E-state index contributed by atoms with van der Waals surface area (Å²) in [7, 11) is -9.24. The summed E-state index contributed by atoms with van der Waals surface area (Å²) in [5, 5.41) is -1.65. The molecule has 0 spiro atoms. The van der Waals surface area contributed by atoms with Crippen molar-refractivity contribution in [3.05, 3.63) is 0 Å². The summed E-state index contributed by atoms with van der Waals surface area (Å²) in [4.78, 5) is 0. The first-order valence-corrected chi connectivity index (χ1v) is 4.83. The second-order valence-corrected chi connectivity index (χ2v) is 4.55. The zero-order valence-corrected chi connectivity index (χ0v) is 10.8. The quantitative estimate of drug-likeness (QED) is 0.477. The average molecular weight is 316 g/mol. The Morgan fingerprint density at radius 1 is 1.00 bits per heavy atom. The molecule has 2 N–H and O–H groups in total. The predicted octanol–water partition coefficient (Wildman–Crippen LogP) is -1.44. The Hall–Kier alpha value is 1.39. The number of hydrogen-bond donors (Lipinski definition) is 2. The van der Waals surface area contributed by atoms with Gasteiger partial charge in [0, 0.05) is 0 Å². The predicted molar refractivity (Wildman–Crippen MR) is 35.9 cm³/mol. The molecule has 0 aliphatic rings. The fourth-order valence-electron chi connectivity index (χ4n) is 0.188. The molecule has 0 aliphatic heterocycles. The molecule has 0 saturated heterocycles. The molecular formula is CH6BaO6S2. The van der Waals surface area contributed by atoms with Crippen LogP contribution >= 0.6 is 0 Å². The van der Waals surface area contributed by atoms with Crippen molar-refractivity contribution >= 4 is 69.1 Å². The van der Waals surface area contributed by atoms with E-state index in [-0.39, 0.29) is 51.7 Å². The van der Waals surface area contributed by atoms with Crippen LogP contribution in [0, 0.1) is 0 Å². The van der Waals surface area contributed by atoms with Crippen LogP contribution in [0.1, 0.15) is 2.85 Å². The largest absolute Gasteiger partial charge is 2.00 e. The van der Waals surface area contributed by atoms with Crippen LogP contribution in [0.3, 0.4) is 0 Å². The summed E-state index contributed by atoms with van der Waals surface area (Å²) in [6, 6.07) is 0. The molecule has 0 radical (unpaired) electrons. The van der Waals surface area contributed by atoms with E-state index in [4.69, 9.17) is 9.11 Å². The van der Waals surface area contributed by atoms with Crippen molar-refractivity contribution < 1.29 is 28.8 Å². The Morgan fingerprint density at radius 2 is 1.20 bits per heavy atom. The van der Waals surface area contributed by atoms with Gasteiger partial charge in [-0.05, 0) is 0 Å². The second kappa shape index (κ2) is 4.43. The third kappa shape index (κ3) is 12.1. The first kappa shape index (κ1) is 13.9. The molecule has 0 amide bonds. The zero-order valence-electron chi connectivity index (χ0n) is 6.76. The van der Waals surface area contributed by atoms with Crippen molar-refractivity contribution in [3.8, 4) is 0 Å². The minimum atomic E-state index is -4.62. The van der Waals surface area contributed by atoms with E-state index in [9.17, 15) is 16.8 Å². The molecule has 0 bridgehead atoms. The van der Waals surface area contributed by atoms with Gasteiger partial charge in [0.05, 0.1) is 0 Å². The summed E-state index contributed by atoms with van der Waals surface area (Å²) in [6.45, 7) is 0. The van der Waals surface area contributed by atoms with Gasteiger partial charge in [0.1, 0.15) is 0 Å². The minimum absolute atomic E-state index is 0. The molecule has 0 saturated carbocycles. The van der Waals surface area contributed by atoms with Crippen LogP contribution in [-0.2, 0) is 20.2 Å². The molecule has 0 atom stereocenters. The third-order valence-corrected chi connectivity index (χ3v) is 2.68. The molecule has 6 nitrogen and oxygen atoms in total. The molecule has 9 heteroatoms. The molecule has 0 aromatic heterocycles. The van der Waals surface area contributed by atoms with Gasteiger partial charge in [0.2, 0.25) is 5.08 Å². The molecule has 60 valence electrons. The Balaban J connectivity index is -0.000000107. The Bertz CT molecular complexity index is 249. The van der Waals surface area contributed by atoms with Gasteiger partial charge in [0.15, 0.2) is 0 Å². The fourth-order valence-corrected chi connectivity index (χ4v) is 1.69. The maximum Gasteiger partial charge on any atom is 2.00 e. The van der Waals surface area contributed by atoms with Crippen molar-refractivity contribution in [2.75, 3.05) is 5.08 Å². The van der Waals surface area contributed by atoms with Gasteiger partial charge in [0.25, 0.3) is 20.2 Å². The van der Waals surface area contributed by atoms with Crippen LogP contribution in [0.15, 0.2) is 0 Å². The topological polar surface area (TPSA) is 109 Å². The van der Waals surface area contributed by atoms with E-state index in [1.807, 2.05) is 0 Å². The molecule has 0 rings (SSSR count). The van der Waals surface area contributed by atoms with Crippen LogP contribution in [0.5, 0.6) is 0 Å². The monoisotopic (exact) mass is 316 g/mol. The van der Waals surface area contributed by atoms with E-state index in [1.54, 1.807) is 0 Å². The minimum Gasteiger partial charge on any atom is -1.00 e. The molecule has 10 heavy (non-hydrogen) atoms. The summed E-state index contributed by atoms with van der Waals surface area (Å²) in [6.07, 6.45) is 0. The van der Waals surface area contributed by atoms with Crippen LogP contribution in [0.4, 0.5) is 0 Å². The SMILES string of the molecule is O=S(=O)(O)CS(=O)(=O)O.[Ba+2].[H-].[H-]. The average Bonchev–Trinajstić information content (AvgIpc) is 1.14. The van der Waals surface area contributed by atoms with E-state index in [2.05, 4.69) is 0 Å². The summed E-state index contributed by atoms with van der Waals surface area (Å²) in [5.41, 5.74) is 0. The Labute approximate surface area is 102 Å². The molecule has 0 aromatic carbocycles. The summed E-state index contributed by atoms with van der Waals surface area (Å²) < 4.78 is 54.2. The molecule has 0 unspecified atom stereocenters. The molecule has 0 heterocycles. The molecule has 0 aromatic rings. The van der Waals surface area contributed by atoms with E-state index in [0.29, 0.717) is 0 Å². The van der Waals surface area contributed by atoms with E-state index in [1.165, 1.54) is 0 Å². The first-order chi connectivity index (χ1) is 3.71. The van der Waals surface area contributed by atoms with Crippen LogP contribution in [0.25, 0.3) is 0 Å². The standard InChI is InChI=1S/CH4O6S2.Ba.2H/c2-8(3,4)1-9(5,6)7;;;/h1H2,(H,2,3,4)(H,5,6,7);;;/q;+2;2*-1. The maximum absolute atomic E-state index is 9.66. The first-order valence-electron chi connectivity index (χ1n) is 1.61. The smallest absolute Gasteiger partial charge is 1.00 e. The van der Waals surface area contributed by atoms with E-state index >= 15 is 0 Å². The van der Waals surface area contributed by atoms with Crippen molar-refractivity contribution in [1.82, 2.24) is 0 Å². The van der Waals surface area contributed by atoms with Gasteiger partial charge in [-0.15, -0.1) is 0 Å². The Morgan fingerprint density at radius 3 is 1.20 bits per heavy atom. The number of rotatable bonds is 2. The van der Waals surface area contributed by atoms with Gasteiger partial charge in [-0.2, -0.15) is 16.8 Å². The van der Waals surface area contributed by atoms with Gasteiger partial charge in [-0.25, -0.2) is 0 Å². The molecule has 0 aliphatic carbocycles. The van der Waals surface area contributed by atoms with Crippen LogP contribution in [-0.4, -0.2) is 79.9 Å². The number of hydrogen-bond acceptors (Lipinski definition) is 4. The third-order valence-electron chi connectivity index (χ3n) is 0.298. The second-order valence-electron chi connectivity index (χ2n) is 1.28. The summed E-state index contributed by atoms with van der Waals surface area (Å²) in [5.74, 6) is 0. The molecule has 0 fully saturated rings.